The first-order valence-corrected chi connectivity index (χ1v) is 6.44. The van der Waals surface area contributed by atoms with Crippen LogP contribution in [0.1, 0.15) is 24.8 Å². The highest BCUT2D eigenvalue weighted by Gasteiger charge is 2.10. The summed E-state index contributed by atoms with van der Waals surface area (Å²) in [5, 5.41) is 0. The minimum Gasteiger partial charge on any atom is -0.497 e. The number of likely N-dealkylation sites (tertiary alicyclic amines) is 1. The Hall–Kier alpha value is -1.22. The van der Waals surface area contributed by atoms with Gasteiger partial charge in [0.2, 0.25) is 0 Å². The summed E-state index contributed by atoms with van der Waals surface area (Å²) in [5.41, 5.74) is 8.07. The van der Waals surface area contributed by atoms with Crippen molar-refractivity contribution in [2.75, 3.05) is 32.5 Å². The molecule has 0 aromatic heterocycles. The average molecular weight is 234 g/mol. The van der Waals surface area contributed by atoms with Crippen LogP contribution in [0.15, 0.2) is 18.2 Å². The molecule has 1 aliphatic heterocycles. The fourth-order valence-electron chi connectivity index (χ4n) is 2.39. The van der Waals surface area contributed by atoms with E-state index in [2.05, 4.69) is 11.0 Å². The highest BCUT2D eigenvalue weighted by Crippen LogP contribution is 2.20. The summed E-state index contributed by atoms with van der Waals surface area (Å²) in [7, 11) is 1.69. The lowest BCUT2D eigenvalue weighted by Crippen LogP contribution is -2.31. The minimum atomic E-state index is 0.878. The zero-order valence-electron chi connectivity index (χ0n) is 10.6. The minimum absolute atomic E-state index is 0.878. The molecule has 1 heterocycles. The molecule has 1 fully saturated rings. The van der Waals surface area contributed by atoms with Gasteiger partial charge < -0.3 is 15.4 Å². The van der Waals surface area contributed by atoms with Crippen LogP contribution >= 0.6 is 0 Å². The Labute approximate surface area is 104 Å². The molecule has 0 amide bonds. The second-order valence-corrected chi connectivity index (χ2v) is 4.72. The third kappa shape index (κ3) is 3.37. The third-order valence-electron chi connectivity index (χ3n) is 3.50. The van der Waals surface area contributed by atoms with Crippen molar-refractivity contribution in [2.45, 2.75) is 25.7 Å². The van der Waals surface area contributed by atoms with Crippen LogP contribution in [-0.2, 0) is 6.42 Å². The van der Waals surface area contributed by atoms with E-state index in [4.69, 9.17) is 10.5 Å². The lowest BCUT2D eigenvalue weighted by Gasteiger charge is -2.26. The number of anilines is 1. The van der Waals surface area contributed by atoms with Crippen molar-refractivity contribution in [3.05, 3.63) is 23.8 Å². The summed E-state index contributed by atoms with van der Waals surface area (Å²) >= 11 is 0. The summed E-state index contributed by atoms with van der Waals surface area (Å²) in [5.74, 6) is 0.896. The van der Waals surface area contributed by atoms with E-state index in [-0.39, 0.29) is 0 Å². The van der Waals surface area contributed by atoms with Gasteiger partial charge in [-0.15, -0.1) is 0 Å². The fraction of sp³-hybridized carbons (Fsp3) is 0.571. The molecule has 1 aromatic rings. The summed E-state index contributed by atoms with van der Waals surface area (Å²) in [6.07, 6.45) is 5.09. The summed E-state index contributed by atoms with van der Waals surface area (Å²) in [6.45, 7) is 3.59. The van der Waals surface area contributed by atoms with Gasteiger partial charge in [-0.05, 0) is 56.1 Å². The van der Waals surface area contributed by atoms with Crippen LogP contribution in [0.2, 0.25) is 0 Å². The highest BCUT2D eigenvalue weighted by atomic mass is 16.5. The first kappa shape index (κ1) is 12.2. The molecular weight excluding hydrogens is 212 g/mol. The molecule has 3 heteroatoms. The molecule has 94 valence electrons. The Balaban J connectivity index is 1.92. The van der Waals surface area contributed by atoms with Crippen LogP contribution in [0, 0.1) is 0 Å². The molecule has 2 rings (SSSR count). The molecule has 3 nitrogen and oxygen atoms in total. The Kier molecular flexibility index (Phi) is 4.26. The molecule has 0 spiro atoms. The maximum absolute atomic E-state index is 5.99. The molecule has 0 atom stereocenters. The van der Waals surface area contributed by atoms with E-state index in [0.29, 0.717) is 0 Å². The predicted molar refractivity (Wildman–Crippen MR) is 71.4 cm³/mol. The van der Waals surface area contributed by atoms with Gasteiger partial charge in [-0.2, -0.15) is 0 Å². The number of methoxy groups -OCH3 is 1. The topological polar surface area (TPSA) is 38.5 Å². The van der Waals surface area contributed by atoms with Crippen molar-refractivity contribution < 1.29 is 4.74 Å². The molecule has 0 saturated carbocycles. The lowest BCUT2D eigenvalue weighted by atomic mass is 10.1. The number of ether oxygens (including phenoxy) is 1. The van der Waals surface area contributed by atoms with Gasteiger partial charge in [0.15, 0.2) is 0 Å². The van der Waals surface area contributed by atoms with Gasteiger partial charge in [0, 0.05) is 12.2 Å². The smallest absolute Gasteiger partial charge is 0.119 e. The molecule has 0 unspecified atom stereocenters. The number of nitrogen functional groups attached to an aromatic ring is 1. The van der Waals surface area contributed by atoms with Gasteiger partial charge in [-0.3, -0.25) is 0 Å². The van der Waals surface area contributed by atoms with Crippen molar-refractivity contribution in [1.82, 2.24) is 4.90 Å². The number of benzene rings is 1. The SMILES string of the molecule is COc1ccc(N)c(CCN2CCCCC2)c1. The van der Waals surface area contributed by atoms with Crippen molar-refractivity contribution >= 4 is 5.69 Å². The van der Waals surface area contributed by atoms with Crippen molar-refractivity contribution in [3.63, 3.8) is 0 Å². The Bertz CT molecular complexity index is 359. The van der Waals surface area contributed by atoms with Crippen LogP contribution in [0.5, 0.6) is 5.75 Å². The van der Waals surface area contributed by atoms with Crippen LogP contribution in [-0.4, -0.2) is 31.6 Å². The van der Waals surface area contributed by atoms with Crippen molar-refractivity contribution in [2.24, 2.45) is 0 Å². The van der Waals surface area contributed by atoms with E-state index in [1.165, 1.54) is 37.9 Å². The Morgan fingerprint density at radius 2 is 2.00 bits per heavy atom. The number of hydrogen-bond acceptors (Lipinski definition) is 3. The van der Waals surface area contributed by atoms with Crippen molar-refractivity contribution in [3.8, 4) is 5.75 Å². The Morgan fingerprint density at radius 3 is 2.71 bits per heavy atom. The number of nitrogens with two attached hydrogens (primary N) is 1. The average Bonchev–Trinajstić information content (AvgIpc) is 2.39. The molecule has 0 bridgehead atoms. The molecular formula is C14H22N2O. The fourth-order valence-corrected chi connectivity index (χ4v) is 2.39. The molecule has 2 N–H and O–H groups in total. The zero-order valence-corrected chi connectivity index (χ0v) is 10.6. The summed E-state index contributed by atoms with van der Waals surface area (Å²) in [4.78, 5) is 2.53. The summed E-state index contributed by atoms with van der Waals surface area (Å²) < 4.78 is 5.23. The maximum atomic E-state index is 5.99. The number of rotatable bonds is 4. The monoisotopic (exact) mass is 234 g/mol. The molecule has 17 heavy (non-hydrogen) atoms. The van der Waals surface area contributed by atoms with Crippen LogP contribution < -0.4 is 10.5 Å². The van der Waals surface area contributed by atoms with E-state index < -0.39 is 0 Å². The van der Waals surface area contributed by atoms with Crippen LogP contribution in [0.4, 0.5) is 5.69 Å². The maximum Gasteiger partial charge on any atom is 0.119 e. The largest absolute Gasteiger partial charge is 0.497 e. The van der Waals surface area contributed by atoms with Gasteiger partial charge >= 0.3 is 0 Å². The van der Waals surface area contributed by atoms with Gasteiger partial charge in [0.25, 0.3) is 0 Å². The number of piperidine rings is 1. The number of hydrogen-bond donors (Lipinski definition) is 1. The first-order chi connectivity index (χ1) is 8.29. The van der Waals surface area contributed by atoms with Crippen LogP contribution in [0.3, 0.4) is 0 Å². The van der Waals surface area contributed by atoms with Gasteiger partial charge in [0.1, 0.15) is 5.75 Å². The third-order valence-corrected chi connectivity index (χ3v) is 3.50. The lowest BCUT2D eigenvalue weighted by molar-refractivity contribution is 0.231. The first-order valence-electron chi connectivity index (χ1n) is 6.44. The standard InChI is InChI=1S/C14H22N2O/c1-17-13-5-6-14(15)12(11-13)7-10-16-8-3-2-4-9-16/h5-6,11H,2-4,7-10,15H2,1H3. The summed E-state index contributed by atoms with van der Waals surface area (Å²) in [6, 6.07) is 5.91. The van der Waals surface area contributed by atoms with E-state index >= 15 is 0 Å². The molecule has 1 saturated heterocycles. The highest BCUT2D eigenvalue weighted by molar-refractivity contribution is 5.50. The molecule has 1 aliphatic rings. The number of nitrogens with zero attached hydrogens (tertiary/aromatic N) is 1. The molecule has 1 aromatic carbocycles. The van der Waals surface area contributed by atoms with Crippen LogP contribution in [0.25, 0.3) is 0 Å². The van der Waals surface area contributed by atoms with E-state index in [1.807, 2.05) is 12.1 Å². The normalized spacial score (nSPS) is 17.0. The van der Waals surface area contributed by atoms with Crippen molar-refractivity contribution in [1.29, 1.82) is 0 Å². The predicted octanol–water partition coefficient (Wildman–Crippen LogP) is 2.31. The quantitative estimate of drug-likeness (QED) is 0.812. The van der Waals surface area contributed by atoms with Gasteiger partial charge in [-0.25, -0.2) is 0 Å². The molecule has 0 aliphatic carbocycles. The van der Waals surface area contributed by atoms with Gasteiger partial charge in [0.05, 0.1) is 7.11 Å². The molecule has 0 radical (unpaired) electrons. The zero-order chi connectivity index (χ0) is 12.1. The van der Waals surface area contributed by atoms with E-state index in [0.717, 1.165) is 24.4 Å². The Morgan fingerprint density at radius 1 is 1.24 bits per heavy atom. The second kappa shape index (κ2) is 5.92. The van der Waals surface area contributed by atoms with E-state index in [1.54, 1.807) is 7.11 Å². The van der Waals surface area contributed by atoms with Gasteiger partial charge in [-0.1, -0.05) is 6.42 Å². The van der Waals surface area contributed by atoms with E-state index in [9.17, 15) is 0 Å². The second-order valence-electron chi connectivity index (χ2n) is 4.72.